The Bertz CT molecular complexity index is 1320. The van der Waals surface area contributed by atoms with E-state index in [1.807, 2.05) is 30.3 Å². The highest BCUT2D eigenvalue weighted by atomic mass is 127. The first-order valence-corrected chi connectivity index (χ1v) is 12.7. The van der Waals surface area contributed by atoms with Gasteiger partial charge in [-0.1, -0.05) is 12.1 Å². The van der Waals surface area contributed by atoms with Crippen LogP contribution < -0.4 is 14.8 Å². The largest absolute Gasteiger partial charge is 0.493 e. The van der Waals surface area contributed by atoms with Crippen molar-refractivity contribution in [3.8, 4) is 17.6 Å². The van der Waals surface area contributed by atoms with E-state index in [4.69, 9.17) is 14.2 Å². The summed E-state index contributed by atoms with van der Waals surface area (Å²) >= 11 is 5.74. The van der Waals surface area contributed by atoms with Gasteiger partial charge in [0.05, 0.1) is 23.8 Å². The molecule has 0 atom stereocenters. The highest BCUT2D eigenvalue weighted by molar-refractivity contribution is 14.1. The predicted molar refractivity (Wildman–Crippen MR) is 149 cm³/mol. The molecule has 0 heterocycles. The number of halogens is 2. The van der Waals surface area contributed by atoms with E-state index in [1.54, 1.807) is 43.3 Å². The summed E-state index contributed by atoms with van der Waals surface area (Å²) in [6.45, 7) is 2.35. The summed E-state index contributed by atoms with van der Waals surface area (Å²) in [5.41, 5.74) is 2.28. The Hall–Kier alpha value is -3.36. The second kappa shape index (κ2) is 13.1. The number of hydrogen-bond acceptors (Lipinski definition) is 6. The van der Waals surface area contributed by atoms with Crippen LogP contribution in [0, 0.1) is 14.9 Å². The maximum absolute atomic E-state index is 12.7. The predicted octanol–water partition coefficient (Wildman–Crippen LogP) is 6.36. The van der Waals surface area contributed by atoms with E-state index >= 15 is 0 Å². The number of esters is 1. The molecule has 9 heteroatoms. The van der Waals surface area contributed by atoms with Crippen LogP contribution in [0.1, 0.15) is 28.4 Å². The molecule has 184 valence electrons. The summed E-state index contributed by atoms with van der Waals surface area (Å²) in [6, 6.07) is 19.6. The summed E-state index contributed by atoms with van der Waals surface area (Å²) in [5.74, 6) is -0.0692. The molecule has 3 aromatic carbocycles. The third-order valence-electron chi connectivity index (χ3n) is 4.88. The maximum atomic E-state index is 12.7. The quantitative estimate of drug-likeness (QED) is 0.124. The Balaban J connectivity index is 1.75. The van der Waals surface area contributed by atoms with E-state index in [2.05, 4.69) is 43.8 Å². The number of hydrogen-bond donors (Lipinski definition) is 1. The van der Waals surface area contributed by atoms with Gasteiger partial charge in [0.25, 0.3) is 5.91 Å². The molecule has 0 aromatic heterocycles. The van der Waals surface area contributed by atoms with Crippen LogP contribution in [-0.2, 0) is 16.1 Å². The molecule has 0 aliphatic rings. The number of carbonyl (C=O) groups is 2. The van der Waals surface area contributed by atoms with Crippen LogP contribution in [0.3, 0.4) is 0 Å². The Morgan fingerprint density at radius 3 is 2.42 bits per heavy atom. The van der Waals surface area contributed by atoms with Crippen molar-refractivity contribution in [3.05, 3.63) is 91.0 Å². The van der Waals surface area contributed by atoms with Crippen LogP contribution in [-0.4, -0.2) is 25.6 Å². The normalized spacial score (nSPS) is 10.8. The molecule has 7 nitrogen and oxygen atoms in total. The number of anilines is 1. The number of nitrogens with one attached hydrogen (secondary N) is 1. The number of rotatable bonds is 9. The molecule has 0 unspecified atom stereocenters. The number of nitriles is 1. The lowest BCUT2D eigenvalue weighted by Crippen LogP contribution is -2.13. The van der Waals surface area contributed by atoms with Gasteiger partial charge in [0, 0.05) is 9.26 Å². The van der Waals surface area contributed by atoms with E-state index in [0.29, 0.717) is 39.4 Å². The average Bonchev–Trinajstić information content (AvgIpc) is 2.87. The van der Waals surface area contributed by atoms with E-state index in [1.165, 1.54) is 13.2 Å². The fourth-order valence-electron chi connectivity index (χ4n) is 3.12. The molecule has 0 aliphatic carbocycles. The summed E-state index contributed by atoms with van der Waals surface area (Å²) in [6.07, 6.45) is 1.46. The number of amides is 1. The zero-order chi connectivity index (χ0) is 26.1. The molecular weight excluding hydrogens is 639 g/mol. The van der Waals surface area contributed by atoms with Crippen molar-refractivity contribution in [2.75, 3.05) is 19.0 Å². The van der Waals surface area contributed by atoms with Crippen molar-refractivity contribution < 1.29 is 23.8 Å². The van der Waals surface area contributed by atoms with Gasteiger partial charge in [-0.2, -0.15) is 5.26 Å². The van der Waals surface area contributed by atoms with Crippen LogP contribution in [0.25, 0.3) is 6.08 Å². The van der Waals surface area contributed by atoms with E-state index in [-0.39, 0.29) is 12.2 Å². The number of carbonyl (C=O) groups excluding carboxylic acids is 2. The van der Waals surface area contributed by atoms with Crippen molar-refractivity contribution in [3.63, 3.8) is 0 Å². The SMILES string of the molecule is CCOC(=O)c1ccc(NC(=O)/C(C#N)=C/c2cc(Br)c(OCc3ccc(I)cc3)c(OC)c2)cc1. The standard InChI is InChI=1S/C27H22BrIN2O5/c1-3-35-27(33)19-6-10-22(11-7-19)31-26(32)20(15-30)12-18-13-23(28)25(24(14-18)34-2)36-16-17-4-8-21(29)9-5-17/h4-14H,3,16H2,1-2H3,(H,31,32)/b20-12+. The minimum atomic E-state index is -0.587. The van der Waals surface area contributed by atoms with Gasteiger partial charge in [0.2, 0.25) is 0 Å². The average molecular weight is 661 g/mol. The third-order valence-corrected chi connectivity index (χ3v) is 6.19. The lowest BCUT2D eigenvalue weighted by molar-refractivity contribution is -0.112. The Morgan fingerprint density at radius 2 is 1.81 bits per heavy atom. The van der Waals surface area contributed by atoms with Gasteiger partial charge in [-0.25, -0.2) is 4.79 Å². The topological polar surface area (TPSA) is 97.7 Å². The summed E-state index contributed by atoms with van der Waals surface area (Å²) in [7, 11) is 1.52. The minimum Gasteiger partial charge on any atom is -0.493 e. The molecule has 0 saturated carbocycles. The first-order valence-electron chi connectivity index (χ1n) is 10.8. The van der Waals surface area contributed by atoms with Crippen LogP contribution in [0.4, 0.5) is 5.69 Å². The molecular formula is C27H22BrIN2O5. The van der Waals surface area contributed by atoms with Gasteiger partial charge in [-0.3, -0.25) is 4.79 Å². The Labute approximate surface area is 231 Å². The second-order valence-electron chi connectivity index (χ2n) is 7.37. The van der Waals surface area contributed by atoms with Gasteiger partial charge < -0.3 is 19.5 Å². The number of nitrogens with zero attached hydrogens (tertiary/aromatic N) is 1. The zero-order valence-electron chi connectivity index (χ0n) is 19.5. The van der Waals surface area contributed by atoms with Crippen LogP contribution in [0.5, 0.6) is 11.5 Å². The van der Waals surface area contributed by atoms with Gasteiger partial charge in [-0.05, 0) is 111 Å². The summed E-state index contributed by atoms with van der Waals surface area (Å²) < 4.78 is 18.2. The molecule has 0 bridgehead atoms. The molecule has 3 rings (SSSR count). The fraction of sp³-hybridized carbons (Fsp3) is 0.148. The highest BCUT2D eigenvalue weighted by Gasteiger charge is 2.15. The van der Waals surface area contributed by atoms with Gasteiger partial charge >= 0.3 is 5.97 Å². The van der Waals surface area contributed by atoms with E-state index in [9.17, 15) is 14.9 Å². The number of benzene rings is 3. The summed E-state index contributed by atoms with van der Waals surface area (Å²) in [4.78, 5) is 24.5. The number of methoxy groups -OCH3 is 1. The van der Waals surface area contributed by atoms with Crippen molar-refractivity contribution in [2.45, 2.75) is 13.5 Å². The van der Waals surface area contributed by atoms with Gasteiger partial charge in [0.15, 0.2) is 11.5 Å². The molecule has 0 fully saturated rings. The molecule has 36 heavy (non-hydrogen) atoms. The van der Waals surface area contributed by atoms with Crippen LogP contribution in [0.2, 0.25) is 0 Å². The maximum Gasteiger partial charge on any atom is 0.338 e. The van der Waals surface area contributed by atoms with Gasteiger partial charge in [-0.15, -0.1) is 0 Å². The number of ether oxygens (including phenoxy) is 3. The van der Waals surface area contributed by atoms with Crippen LogP contribution in [0.15, 0.2) is 70.7 Å². The molecule has 0 radical (unpaired) electrons. The highest BCUT2D eigenvalue weighted by Crippen LogP contribution is 2.38. The molecule has 1 N–H and O–H groups in total. The van der Waals surface area contributed by atoms with E-state index < -0.39 is 11.9 Å². The third kappa shape index (κ3) is 7.32. The molecule has 0 saturated heterocycles. The zero-order valence-corrected chi connectivity index (χ0v) is 23.3. The van der Waals surface area contributed by atoms with Crippen molar-refractivity contribution >= 4 is 62.2 Å². The van der Waals surface area contributed by atoms with Gasteiger partial charge in [0.1, 0.15) is 18.2 Å². The Morgan fingerprint density at radius 1 is 1.11 bits per heavy atom. The van der Waals surface area contributed by atoms with Crippen molar-refractivity contribution in [1.82, 2.24) is 0 Å². The monoisotopic (exact) mass is 660 g/mol. The molecule has 0 aliphatic heterocycles. The first-order chi connectivity index (χ1) is 17.3. The first kappa shape index (κ1) is 27.2. The lowest BCUT2D eigenvalue weighted by atomic mass is 10.1. The minimum absolute atomic E-state index is 0.106. The fourth-order valence-corrected chi connectivity index (χ4v) is 4.05. The second-order valence-corrected chi connectivity index (χ2v) is 9.47. The van der Waals surface area contributed by atoms with Crippen molar-refractivity contribution in [1.29, 1.82) is 5.26 Å². The molecule has 0 spiro atoms. The lowest BCUT2D eigenvalue weighted by Gasteiger charge is -2.14. The Kier molecular flexibility index (Phi) is 9.90. The van der Waals surface area contributed by atoms with Crippen molar-refractivity contribution in [2.24, 2.45) is 0 Å². The molecule has 1 amide bonds. The van der Waals surface area contributed by atoms with E-state index in [0.717, 1.165) is 9.13 Å². The smallest absolute Gasteiger partial charge is 0.338 e. The molecule has 3 aromatic rings. The summed E-state index contributed by atoms with van der Waals surface area (Å²) in [5, 5.41) is 12.2. The van der Waals surface area contributed by atoms with Crippen LogP contribution >= 0.6 is 38.5 Å².